The predicted octanol–water partition coefficient (Wildman–Crippen LogP) is 3.96. The standard InChI is InChI=1S/C20H23NO2/c22-17-11-16-10-15(14-6-2-1-3-7-14)12-18(20(16)19(23)13-17)21-8-4-5-9-21/h1-3,6-7,11,13,15,18,22-23H,4-5,8-10,12H2. The van der Waals surface area contributed by atoms with Crippen LogP contribution < -0.4 is 0 Å². The molecule has 2 unspecified atom stereocenters. The summed E-state index contributed by atoms with van der Waals surface area (Å²) in [6.07, 6.45) is 4.39. The molecule has 0 saturated carbocycles. The van der Waals surface area contributed by atoms with Crippen LogP contribution in [0.2, 0.25) is 0 Å². The number of fused-ring (bicyclic) bond motifs is 1. The summed E-state index contributed by atoms with van der Waals surface area (Å²) in [5, 5.41) is 20.3. The third-order valence-corrected chi connectivity index (χ3v) is 5.39. The highest BCUT2D eigenvalue weighted by atomic mass is 16.3. The largest absolute Gasteiger partial charge is 0.508 e. The van der Waals surface area contributed by atoms with E-state index in [1.807, 2.05) is 6.07 Å². The van der Waals surface area contributed by atoms with Crippen LogP contribution in [0, 0.1) is 0 Å². The Bertz CT molecular complexity index is 692. The van der Waals surface area contributed by atoms with Crippen molar-refractivity contribution in [1.29, 1.82) is 0 Å². The summed E-state index contributed by atoms with van der Waals surface area (Å²) < 4.78 is 0. The minimum absolute atomic E-state index is 0.162. The number of likely N-dealkylation sites (tertiary alicyclic amines) is 1. The molecule has 3 nitrogen and oxygen atoms in total. The molecular formula is C20H23NO2. The molecule has 1 aliphatic carbocycles. The van der Waals surface area contributed by atoms with Crippen molar-refractivity contribution in [1.82, 2.24) is 4.90 Å². The van der Waals surface area contributed by atoms with Crippen molar-refractivity contribution in [2.45, 2.75) is 37.6 Å². The zero-order valence-electron chi connectivity index (χ0n) is 13.3. The van der Waals surface area contributed by atoms with Crippen LogP contribution in [0.3, 0.4) is 0 Å². The van der Waals surface area contributed by atoms with Gasteiger partial charge in [-0.15, -0.1) is 0 Å². The fourth-order valence-corrected chi connectivity index (χ4v) is 4.33. The van der Waals surface area contributed by atoms with E-state index < -0.39 is 0 Å². The lowest BCUT2D eigenvalue weighted by atomic mass is 9.76. The molecule has 0 spiro atoms. The first kappa shape index (κ1) is 14.6. The molecule has 0 amide bonds. The first-order chi connectivity index (χ1) is 11.2. The van der Waals surface area contributed by atoms with Crippen molar-refractivity contribution in [2.75, 3.05) is 13.1 Å². The molecule has 1 heterocycles. The fraction of sp³-hybridized carbons (Fsp3) is 0.400. The van der Waals surface area contributed by atoms with E-state index in [9.17, 15) is 10.2 Å². The number of nitrogens with zero attached hydrogens (tertiary/aromatic N) is 1. The lowest BCUT2D eigenvalue weighted by Crippen LogP contribution is -2.31. The number of aromatic hydroxyl groups is 2. The van der Waals surface area contributed by atoms with Gasteiger partial charge in [0, 0.05) is 17.7 Å². The third-order valence-electron chi connectivity index (χ3n) is 5.39. The Balaban J connectivity index is 1.76. The van der Waals surface area contributed by atoms with Gasteiger partial charge in [0.15, 0.2) is 0 Å². The molecule has 1 fully saturated rings. The Hall–Kier alpha value is -2.00. The Morgan fingerprint density at radius 1 is 0.957 bits per heavy atom. The Morgan fingerprint density at radius 2 is 1.70 bits per heavy atom. The lowest BCUT2D eigenvalue weighted by molar-refractivity contribution is 0.206. The van der Waals surface area contributed by atoms with Crippen LogP contribution in [-0.4, -0.2) is 28.2 Å². The monoisotopic (exact) mass is 309 g/mol. The van der Waals surface area contributed by atoms with Crippen molar-refractivity contribution in [3.8, 4) is 11.5 Å². The maximum Gasteiger partial charge on any atom is 0.124 e. The van der Waals surface area contributed by atoms with Gasteiger partial charge in [-0.3, -0.25) is 4.90 Å². The molecule has 2 aromatic rings. The lowest BCUT2D eigenvalue weighted by Gasteiger charge is -2.37. The van der Waals surface area contributed by atoms with Crippen molar-refractivity contribution in [3.05, 3.63) is 59.2 Å². The molecule has 120 valence electrons. The third kappa shape index (κ3) is 2.70. The van der Waals surface area contributed by atoms with Crippen molar-refractivity contribution < 1.29 is 10.2 Å². The molecule has 0 aromatic heterocycles. The van der Waals surface area contributed by atoms with Gasteiger partial charge in [-0.2, -0.15) is 0 Å². The summed E-state index contributed by atoms with van der Waals surface area (Å²) in [4.78, 5) is 2.50. The average Bonchev–Trinajstić information content (AvgIpc) is 3.08. The van der Waals surface area contributed by atoms with E-state index in [4.69, 9.17) is 0 Å². The van der Waals surface area contributed by atoms with E-state index in [2.05, 4.69) is 35.2 Å². The van der Waals surface area contributed by atoms with Crippen LogP contribution in [0.25, 0.3) is 0 Å². The van der Waals surface area contributed by atoms with E-state index in [0.717, 1.165) is 37.1 Å². The second kappa shape index (κ2) is 5.89. The van der Waals surface area contributed by atoms with Crippen LogP contribution in [0.4, 0.5) is 0 Å². The second-order valence-corrected chi connectivity index (χ2v) is 6.84. The van der Waals surface area contributed by atoms with Gasteiger partial charge in [0.1, 0.15) is 11.5 Å². The number of benzene rings is 2. The average molecular weight is 309 g/mol. The molecule has 2 atom stereocenters. The zero-order chi connectivity index (χ0) is 15.8. The fourth-order valence-electron chi connectivity index (χ4n) is 4.33. The number of hydrogen-bond donors (Lipinski definition) is 2. The van der Waals surface area contributed by atoms with Gasteiger partial charge >= 0.3 is 0 Å². The van der Waals surface area contributed by atoms with E-state index in [0.29, 0.717) is 5.92 Å². The van der Waals surface area contributed by atoms with Crippen LogP contribution in [0.1, 0.15) is 47.9 Å². The summed E-state index contributed by atoms with van der Waals surface area (Å²) >= 11 is 0. The van der Waals surface area contributed by atoms with Crippen LogP contribution in [0.15, 0.2) is 42.5 Å². The molecule has 2 N–H and O–H groups in total. The Kier molecular flexibility index (Phi) is 3.74. The summed E-state index contributed by atoms with van der Waals surface area (Å²) in [5.41, 5.74) is 3.49. The highest BCUT2D eigenvalue weighted by molar-refractivity contribution is 5.49. The second-order valence-electron chi connectivity index (χ2n) is 6.84. The van der Waals surface area contributed by atoms with Gasteiger partial charge in [0.2, 0.25) is 0 Å². The first-order valence-electron chi connectivity index (χ1n) is 8.56. The predicted molar refractivity (Wildman–Crippen MR) is 90.8 cm³/mol. The van der Waals surface area contributed by atoms with Gasteiger partial charge in [-0.25, -0.2) is 0 Å². The Labute approximate surface area is 137 Å². The maximum atomic E-state index is 10.4. The molecular weight excluding hydrogens is 286 g/mol. The number of phenolic OH excluding ortho intramolecular Hbond substituents is 2. The number of rotatable bonds is 2. The molecule has 1 saturated heterocycles. The Morgan fingerprint density at radius 3 is 2.43 bits per heavy atom. The van der Waals surface area contributed by atoms with Gasteiger partial charge in [0.05, 0.1) is 0 Å². The molecule has 4 rings (SSSR count). The minimum Gasteiger partial charge on any atom is -0.508 e. The molecule has 0 bridgehead atoms. The van der Waals surface area contributed by atoms with E-state index in [1.54, 1.807) is 0 Å². The first-order valence-corrected chi connectivity index (χ1v) is 8.56. The van der Waals surface area contributed by atoms with E-state index in [-0.39, 0.29) is 17.5 Å². The summed E-state index contributed by atoms with van der Waals surface area (Å²) in [5.74, 6) is 0.856. The summed E-state index contributed by atoms with van der Waals surface area (Å²) in [6, 6.07) is 14.2. The zero-order valence-corrected chi connectivity index (χ0v) is 13.3. The molecule has 0 radical (unpaired) electrons. The maximum absolute atomic E-state index is 10.4. The van der Waals surface area contributed by atoms with Crippen LogP contribution in [0.5, 0.6) is 11.5 Å². The minimum atomic E-state index is 0.162. The topological polar surface area (TPSA) is 43.7 Å². The quantitative estimate of drug-likeness (QED) is 0.882. The molecule has 2 aliphatic rings. The van der Waals surface area contributed by atoms with Crippen molar-refractivity contribution in [3.63, 3.8) is 0 Å². The molecule has 3 heteroatoms. The number of hydrogen-bond acceptors (Lipinski definition) is 3. The normalized spacial score (nSPS) is 24.5. The summed E-state index contributed by atoms with van der Waals surface area (Å²) in [6.45, 7) is 2.21. The van der Waals surface area contributed by atoms with Gasteiger partial charge < -0.3 is 10.2 Å². The van der Waals surface area contributed by atoms with Gasteiger partial charge in [-0.1, -0.05) is 30.3 Å². The highest BCUT2D eigenvalue weighted by Crippen LogP contribution is 2.47. The van der Waals surface area contributed by atoms with Crippen molar-refractivity contribution >= 4 is 0 Å². The molecule has 1 aliphatic heterocycles. The van der Waals surface area contributed by atoms with Crippen LogP contribution in [-0.2, 0) is 6.42 Å². The van der Waals surface area contributed by atoms with Gasteiger partial charge in [0.25, 0.3) is 0 Å². The van der Waals surface area contributed by atoms with Crippen molar-refractivity contribution in [2.24, 2.45) is 0 Å². The molecule has 23 heavy (non-hydrogen) atoms. The van der Waals surface area contributed by atoms with E-state index >= 15 is 0 Å². The smallest absolute Gasteiger partial charge is 0.124 e. The SMILES string of the molecule is Oc1cc(O)c2c(c1)CC(c1ccccc1)CC2N1CCCC1. The highest BCUT2D eigenvalue weighted by Gasteiger charge is 2.35. The number of phenols is 2. The van der Waals surface area contributed by atoms with Gasteiger partial charge in [-0.05, 0) is 61.9 Å². The van der Waals surface area contributed by atoms with Crippen LogP contribution >= 0.6 is 0 Å². The van der Waals surface area contributed by atoms with E-state index in [1.165, 1.54) is 24.5 Å². The molecule has 2 aromatic carbocycles. The summed E-state index contributed by atoms with van der Waals surface area (Å²) in [7, 11) is 0.